The topological polar surface area (TPSA) is 50.9 Å². The molecule has 36 heavy (non-hydrogen) atoms. The van der Waals surface area contributed by atoms with Gasteiger partial charge in [-0.1, -0.05) is 29.3 Å². The molecule has 8 heteroatoms. The predicted molar refractivity (Wildman–Crippen MR) is 151 cm³/mol. The number of likely N-dealkylation sites (tertiary alicyclic amines) is 1. The van der Waals surface area contributed by atoms with Gasteiger partial charge in [0.2, 0.25) is 6.41 Å². The van der Waals surface area contributed by atoms with Crippen molar-refractivity contribution in [1.82, 2.24) is 15.1 Å². The van der Waals surface area contributed by atoms with E-state index >= 15 is 0 Å². The molecule has 0 spiro atoms. The van der Waals surface area contributed by atoms with E-state index in [9.17, 15) is 4.79 Å². The maximum absolute atomic E-state index is 11.8. The van der Waals surface area contributed by atoms with Crippen LogP contribution < -0.4 is 15.5 Å². The van der Waals surface area contributed by atoms with Crippen LogP contribution in [0.25, 0.3) is 0 Å². The normalized spacial score (nSPS) is 20.8. The van der Waals surface area contributed by atoms with Crippen molar-refractivity contribution in [3.05, 3.63) is 70.1 Å². The van der Waals surface area contributed by atoms with E-state index in [0.29, 0.717) is 35.1 Å². The largest absolute Gasteiger partial charge is 0.374 e. The second-order valence-electron chi connectivity index (χ2n) is 9.94. The van der Waals surface area contributed by atoms with Crippen molar-refractivity contribution < 1.29 is 4.79 Å². The number of nitrogens with one attached hydrogen (secondary N) is 2. The lowest BCUT2D eigenvalue weighted by atomic mass is 10.1. The Bertz CT molecular complexity index is 1030. The molecular weight excluding hydrogens is 493 g/mol. The summed E-state index contributed by atoms with van der Waals surface area (Å²) >= 11 is 12.3. The van der Waals surface area contributed by atoms with Crippen molar-refractivity contribution in [3.63, 3.8) is 0 Å². The van der Waals surface area contributed by atoms with Gasteiger partial charge in [-0.05, 0) is 81.5 Å². The molecule has 0 bridgehead atoms. The number of nitrogens with zero attached hydrogens (tertiary/aromatic N) is 3. The summed E-state index contributed by atoms with van der Waals surface area (Å²) in [7, 11) is 0. The van der Waals surface area contributed by atoms with Crippen LogP contribution in [0.1, 0.15) is 38.7 Å². The Morgan fingerprint density at radius 3 is 2.39 bits per heavy atom. The molecule has 2 atom stereocenters. The fraction of sp³-hybridized carbons (Fsp3) is 0.464. The lowest BCUT2D eigenvalue weighted by molar-refractivity contribution is -0.107. The Hall–Kier alpha value is -2.41. The van der Waals surface area contributed by atoms with Crippen LogP contribution in [0.2, 0.25) is 10.0 Å². The molecule has 0 unspecified atom stereocenters. The maximum atomic E-state index is 11.8. The fourth-order valence-corrected chi connectivity index (χ4v) is 5.53. The van der Waals surface area contributed by atoms with Crippen LogP contribution in [0.5, 0.6) is 0 Å². The Morgan fingerprint density at radius 1 is 1.06 bits per heavy atom. The number of hydrogen-bond acceptors (Lipinski definition) is 5. The smallest absolute Gasteiger partial charge is 0.214 e. The third-order valence-electron chi connectivity index (χ3n) is 6.83. The second kappa shape index (κ2) is 12.7. The van der Waals surface area contributed by atoms with Crippen LogP contribution in [-0.2, 0) is 11.2 Å². The van der Waals surface area contributed by atoms with Gasteiger partial charge in [0.25, 0.3) is 0 Å². The van der Waals surface area contributed by atoms with Crippen LogP contribution in [0.4, 0.5) is 11.4 Å². The summed E-state index contributed by atoms with van der Waals surface area (Å²) in [6, 6.07) is 14.4. The van der Waals surface area contributed by atoms with Crippen molar-refractivity contribution >= 4 is 41.0 Å². The van der Waals surface area contributed by atoms with Crippen molar-refractivity contribution in [2.75, 3.05) is 42.9 Å². The Morgan fingerprint density at radius 2 is 1.75 bits per heavy atom. The Balaban J connectivity index is 1.45. The quantitative estimate of drug-likeness (QED) is 0.415. The van der Waals surface area contributed by atoms with E-state index in [1.54, 1.807) is 11.0 Å². The van der Waals surface area contributed by atoms with Gasteiger partial charge in [0, 0.05) is 72.4 Å². The summed E-state index contributed by atoms with van der Waals surface area (Å²) in [5, 5.41) is 8.53. The molecule has 2 aliphatic rings. The number of carbonyl (C=O) groups is 1. The number of amides is 1. The van der Waals surface area contributed by atoms with E-state index in [1.165, 1.54) is 19.3 Å². The standard InChI is InChI=1S/C28H37Cl2N5O/c1-21-17-35(18-22(2)31-21)28(19-33-13-4-3-5-14-33)32-25-8-10-26(11-9-25)34(20-36)15-12-23-6-7-24(29)16-27(23)30/h6-11,16,19-22,31-32H,3-5,12-15,17-18H2,1-2H3/b28-19-/t21-,22-/m0/s1. The van der Waals surface area contributed by atoms with E-state index in [4.69, 9.17) is 23.2 Å². The number of hydrogen-bond donors (Lipinski definition) is 2. The second-order valence-corrected chi connectivity index (χ2v) is 10.8. The van der Waals surface area contributed by atoms with Gasteiger partial charge in [-0.25, -0.2) is 0 Å². The van der Waals surface area contributed by atoms with Gasteiger partial charge in [0.05, 0.1) is 0 Å². The number of piperidine rings is 1. The maximum Gasteiger partial charge on any atom is 0.214 e. The van der Waals surface area contributed by atoms with Gasteiger partial charge in [-0.15, -0.1) is 0 Å². The van der Waals surface area contributed by atoms with Crippen molar-refractivity contribution in [2.24, 2.45) is 0 Å². The van der Waals surface area contributed by atoms with Gasteiger partial charge in [-0.2, -0.15) is 0 Å². The number of piperazine rings is 1. The Labute approximate surface area is 225 Å². The number of halogens is 2. The highest BCUT2D eigenvalue weighted by atomic mass is 35.5. The molecule has 2 heterocycles. The van der Waals surface area contributed by atoms with Gasteiger partial charge in [0.15, 0.2) is 0 Å². The average molecular weight is 531 g/mol. The van der Waals surface area contributed by atoms with Crippen LogP contribution in [0.3, 0.4) is 0 Å². The molecule has 2 N–H and O–H groups in total. The molecule has 2 saturated heterocycles. The molecular formula is C28H37Cl2N5O. The zero-order chi connectivity index (χ0) is 25.5. The van der Waals surface area contributed by atoms with Crippen molar-refractivity contribution in [3.8, 4) is 0 Å². The summed E-state index contributed by atoms with van der Waals surface area (Å²) in [4.78, 5) is 18.4. The average Bonchev–Trinajstić information content (AvgIpc) is 2.86. The van der Waals surface area contributed by atoms with Crippen LogP contribution in [0.15, 0.2) is 54.5 Å². The van der Waals surface area contributed by atoms with E-state index in [1.807, 2.05) is 36.4 Å². The molecule has 194 valence electrons. The van der Waals surface area contributed by atoms with E-state index < -0.39 is 0 Å². The molecule has 0 aliphatic carbocycles. The zero-order valence-electron chi connectivity index (χ0n) is 21.2. The summed E-state index contributed by atoms with van der Waals surface area (Å²) in [5.74, 6) is 1.13. The first-order valence-corrected chi connectivity index (χ1v) is 13.7. The monoisotopic (exact) mass is 529 g/mol. The van der Waals surface area contributed by atoms with Gasteiger partial charge in [0.1, 0.15) is 5.82 Å². The molecule has 2 aromatic carbocycles. The fourth-order valence-electron chi connectivity index (χ4n) is 5.03. The molecule has 2 aromatic rings. The van der Waals surface area contributed by atoms with Gasteiger partial charge >= 0.3 is 0 Å². The first-order valence-electron chi connectivity index (χ1n) is 12.9. The minimum Gasteiger partial charge on any atom is -0.374 e. The highest BCUT2D eigenvalue weighted by Crippen LogP contribution is 2.24. The van der Waals surface area contributed by atoms with E-state index in [2.05, 4.69) is 40.5 Å². The molecule has 2 fully saturated rings. The summed E-state index contributed by atoms with van der Waals surface area (Å²) < 4.78 is 0. The highest BCUT2D eigenvalue weighted by Gasteiger charge is 2.23. The molecule has 1 amide bonds. The number of anilines is 2. The summed E-state index contributed by atoms with van der Waals surface area (Å²) in [6.45, 7) is 9.14. The van der Waals surface area contributed by atoms with Crippen molar-refractivity contribution in [2.45, 2.75) is 51.6 Å². The van der Waals surface area contributed by atoms with Crippen molar-refractivity contribution in [1.29, 1.82) is 0 Å². The zero-order valence-corrected chi connectivity index (χ0v) is 22.7. The summed E-state index contributed by atoms with van der Waals surface area (Å²) in [6.07, 6.45) is 7.62. The third kappa shape index (κ3) is 7.31. The SMILES string of the molecule is C[C@H]1CN(/C(=C\N2CCCCC2)Nc2ccc(N(C=O)CCc3ccc(Cl)cc3Cl)cc2)C[C@H](C)N1. The molecule has 0 saturated carbocycles. The summed E-state index contributed by atoms with van der Waals surface area (Å²) in [5.41, 5.74) is 2.83. The minimum absolute atomic E-state index is 0.429. The lowest BCUT2D eigenvalue weighted by Gasteiger charge is -2.40. The molecule has 0 radical (unpaired) electrons. The molecule has 2 aliphatic heterocycles. The van der Waals surface area contributed by atoms with Gasteiger partial charge in [-0.3, -0.25) is 4.79 Å². The number of benzene rings is 2. The van der Waals surface area contributed by atoms with Crippen LogP contribution in [0, 0.1) is 0 Å². The third-order valence-corrected chi connectivity index (χ3v) is 7.42. The molecule has 0 aromatic heterocycles. The highest BCUT2D eigenvalue weighted by molar-refractivity contribution is 6.35. The van der Waals surface area contributed by atoms with E-state index in [0.717, 1.165) is 55.3 Å². The van der Waals surface area contributed by atoms with Crippen LogP contribution in [-0.4, -0.2) is 61.0 Å². The van der Waals surface area contributed by atoms with Crippen LogP contribution >= 0.6 is 23.2 Å². The first-order chi connectivity index (χ1) is 17.4. The lowest BCUT2D eigenvalue weighted by Crippen LogP contribution is -2.54. The molecule has 4 rings (SSSR count). The van der Waals surface area contributed by atoms with Gasteiger partial charge < -0.3 is 25.3 Å². The molecule has 6 nitrogen and oxygen atoms in total. The predicted octanol–water partition coefficient (Wildman–Crippen LogP) is 5.58. The van der Waals surface area contributed by atoms with E-state index in [-0.39, 0.29) is 0 Å². The minimum atomic E-state index is 0.429. The Kier molecular flexibility index (Phi) is 9.41. The number of carbonyl (C=O) groups excluding carboxylic acids is 1. The number of rotatable bonds is 9. The first kappa shape index (κ1) is 26.6.